The summed E-state index contributed by atoms with van der Waals surface area (Å²) in [5.41, 5.74) is 3.19. The Kier molecular flexibility index (Phi) is 4.96. The van der Waals surface area contributed by atoms with Gasteiger partial charge in [0.05, 0.1) is 28.5 Å². The second-order valence-electron chi connectivity index (χ2n) is 6.25. The molecule has 0 aliphatic carbocycles. The molecule has 7 nitrogen and oxygen atoms in total. The number of rotatable bonds is 5. The van der Waals surface area contributed by atoms with Gasteiger partial charge in [-0.3, -0.25) is 10.1 Å². The van der Waals surface area contributed by atoms with Crippen LogP contribution in [0.3, 0.4) is 0 Å². The number of fused-ring (bicyclic) bond motifs is 1. The molecule has 0 aliphatic rings. The van der Waals surface area contributed by atoms with Gasteiger partial charge in [-0.15, -0.1) is 0 Å². The first-order valence-corrected chi connectivity index (χ1v) is 8.93. The molecule has 0 aliphatic heterocycles. The normalized spacial score (nSPS) is 11.1. The van der Waals surface area contributed by atoms with Crippen molar-refractivity contribution in [2.75, 3.05) is 7.11 Å². The molecule has 0 saturated carbocycles. The lowest BCUT2D eigenvalue weighted by atomic mass is 10.1. The molecule has 2 heterocycles. The zero-order chi connectivity index (χ0) is 20.5. The first kappa shape index (κ1) is 19.0. The third-order valence-corrected chi connectivity index (χ3v) is 4.70. The van der Waals surface area contributed by atoms with Crippen molar-refractivity contribution >= 4 is 22.9 Å². The molecule has 0 fully saturated rings. The maximum absolute atomic E-state index is 13.8. The number of nitro benzene ring substituents is 1. The van der Waals surface area contributed by atoms with Gasteiger partial charge in [0, 0.05) is 30.0 Å². The minimum absolute atomic E-state index is 0.240. The van der Waals surface area contributed by atoms with Crippen molar-refractivity contribution < 1.29 is 14.1 Å². The number of nitro groups is 1. The van der Waals surface area contributed by atoms with Crippen LogP contribution in [0.25, 0.3) is 28.0 Å². The monoisotopic (exact) mass is 412 g/mol. The fourth-order valence-electron chi connectivity index (χ4n) is 3.17. The molecular weight excluding hydrogens is 399 g/mol. The van der Waals surface area contributed by atoms with E-state index < -0.39 is 16.4 Å². The third-order valence-electron chi connectivity index (χ3n) is 4.44. The van der Waals surface area contributed by atoms with Crippen molar-refractivity contribution in [3.05, 3.63) is 81.4 Å². The number of halogens is 2. The van der Waals surface area contributed by atoms with Crippen LogP contribution in [0.2, 0.25) is 5.02 Å². The van der Waals surface area contributed by atoms with E-state index in [9.17, 15) is 14.5 Å². The summed E-state index contributed by atoms with van der Waals surface area (Å²) < 4.78 is 20.6. The molecule has 0 bridgehead atoms. The maximum Gasteiger partial charge on any atom is 0.305 e. The van der Waals surface area contributed by atoms with Crippen LogP contribution in [-0.2, 0) is 11.3 Å². The Hall–Kier alpha value is -3.36. The molecule has 29 heavy (non-hydrogen) atoms. The predicted molar refractivity (Wildman–Crippen MR) is 106 cm³/mol. The third kappa shape index (κ3) is 3.43. The van der Waals surface area contributed by atoms with Crippen LogP contribution in [0, 0.1) is 15.9 Å². The summed E-state index contributed by atoms with van der Waals surface area (Å²) in [7, 11) is 1.56. The van der Waals surface area contributed by atoms with Gasteiger partial charge in [-0.1, -0.05) is 23.7 Å². The van der Waals surface area contributed by atoms with Gasteiger partial charge in [0.2, 0.25) is 5.82 Å². The van der Waals surface area contributed by atoms with Crippen molar-refractivity contribution in [1.29, 1.82) is 0 Å². The summed E-state index contributed by atoms with van der Waals surface area (Å²) in [6, 6.07) is 12.6. The van der Waals surface area contributed by atoms with E-state index in [1.165, 1.54) is 12.1 Å². The van der Waals surface area contributed by atoms with Crippen LogP contribution in [0.1, 0.15) is 5.69 Å². The van der Waals surface area contributed by atoms with Gasteiger partial charge in [-0.25, -0.2) is 9.50 Å². The summed E-state index contributed by atoms with van der Waals surface area (Å²) in [6.45, 7) is 0.240. The van der Waals surface area contributed by atoms with Crippen molar-refractivity contribution in [3.8, 4) is 22.4 Å². The maximum atomic E-state index is 13.8. The van der Waals surface area contributed by atoms with E-state index in [1.54, 1.807) is 36.0 Å². The fourth-order valence-corrected chi connectivity index (χ4v) is 3.30. The number of hydrogen-bond donors (Lipinski definition) is 0. The molecule has 4 aromatic rings. The molecule has 0 unspecified atom stereocenters. The molecule has 0 spiro atoms. The molecule has 0 radical (unpaired) electrons. The molecule has 0 N–H and O–H groups in total. The largest absolute Gasteiger partial charge is 0.378 e. The van der Waals surface area contributed by atoms with Gasteiger partial charge >= 0.3 is 5.69 Å². The zero-order valence-electron chi connectivity index (χ0n) is 15.2. The highest BCUT2D eigenvalue weighted by molar-refractivity contribution is 6.30. The SMILES string of the molecule is COCc1nn2c(-c3ccc(F)c([N+](=O)[O-])c3)ccnc2c1-c1ccc(Cl)cc1. The number of methoxy groups -OCH3 is 1. The highest BCUT2D eigenvalue weighted by Crippen LogP contribution is 2.32. The minimum atomic E-state index is -0.897. The Morgan fingerprint density at radius 1 is 1.17 bits per heavy atom. The Morgan fingerprint density at radius 2 is 1.90 bits per heavy atom. The molecule has 2 aromatic carbocycles. The lowest BCUT2D eigenvalue weighted by Gasteiger charge is -2.06. The van der Waals surface area contributed by atoms with Gasteiger partial charge in [-0.05, 0) is 35.9 Å². The van der Waals surface area contributed by atoms with Crippen LogP contribution in [0.15, 0.2) is 54.7 Å². The lowest BCUT2D eigenvalue weighted by molar-refractivity contribution is -0.387. The topological polar surface area (TPSA) is 82.6 Å². The molecular formula is C20H14ClFN4O3. The molecule has 2 aromatic heterocycles. The number of nitrogens with zero attached hydrogens (tertiary/aromatic N) is 4. The van der Waals surface area contributed by atoms with Crippen LogP contribution < -0.4 is 0 Å². The average Bonchev–Trinajstić information content (AvgIpc) is 3.07. The summed E-state index contributed by atoms with van der Waals surface area (Å²) in [4.78, 5) is 14.8. The second-order valence-corrected chi connectivity index (χ2v) is 6.69. The number of aromatic nitrogens is 3. The van der Waals surface area contributed by atoms with Crippen LogP contribution in [-0.4, -0.2) is 26.6 Å². The quantitative estimate of drug-likeness (QED) is 0.343. The number of ether oxygens (including phenoxy) is 1. The van der Waals surface area contributed by atoms with E-state index in [0.717, 1.165) is 17.2 Å². The van der Waals surface area contributed by atoms with E-state index in [1.807, 2.05) is 12.1 Å². The first-order chi connectivity index (χ1) is 14.0. The molecule has 146 valence electrons. The lowest BCUT2D eigenvalue weighted by Crippen LogP contribution is -1.98. The molecule has 0 atom stereocenters. The second kappa shape index (κ2) is 7.57. The molecule has 0 saturated heterocycles. The van der Waals surface area contributed by atoms with Crippen LogP contribution in [0.5, 0.6) is 0 Å². The van der Waals surface area contributed by atoms with Gasteiger partial charge < -0.3 is 4.74 Å². The van der Waals surface area contributed by atoms with Crippen LogP contribution in [0.4, 0.5) is 10.1 Å². The van der Waals surface area contributed by atoms with E-state index in [-0.39, 0.29) is 6.61 Å². The van der Waals surface area contributed by atoms with E-state index >= 15 is 0 Å². The molecule has 4 rings (SSSR count). The zero-order valence-corrected chi connectivity index (χ0v) is 15.9. The summed E-state index contributed by atoms with van der Waals surface area (Å²) >= 11 is 6.00. The Labute approximate surface area is 169 Å². The highest BCUT2D eigenvalue weighted by Gasteiger charge is 2.20. The Bertz CT molecular complexity index is 1220. The van der Waals surface area contributed by atoms with Gasteiger partial charge in [0.25, 0.3) is 0 Å². The van der Waals surface area contributed by atoms with Crippen molar-refractivity contribution in [2.24, 2.45) is 0 Å². The molecule has 0 amide bonds. The first-order valence-electron chi connectivity index (χ1n) is 8.55. The van der Waals surface area contributed by atoms with E-state index in [2.05, 4.69) is 10.1 Å². The number of hydrogen-bond acceptors (Lipinski definition) is 5. The fraction of sp³-hybridized carbons (Fsp3) is 0.100. The van der Waals surface area contributed by atoms with Crippen molar-refractivity contribution in [2.45, 2.75) is 6.61 Å². The van der Waals surface area contributed by atoms with Gasteiger partial charge in [-0.2, -0.15) is 9.49 Å². The van der Waals surface area contributed by atoms with Gasteiger partial charge in [0.1, 0.15) is 0 Å². The van der Waals surface area contributed by atoms with Crippen molar-refractivity contribution in [1.82, 2.24) is 14.6 Å². The average molecular weight is 413 g/mol. The Morgan fingerprint density at radius 3 is 2.59 bits per heavy atom. The van der Waals surface area contributed by atoms with Gasteiger partial charge in [0.15, 0.2) is 5.65 Å². The van der Waals surface area contributed by atoms with E-state index in [0.29, 0.717) is 27.6 Å². The van der Waals surface area contributed by atoms with Crippen LogP contribution >= 0.6 is 11.6 Å². The predicted octanol–water partition coefficient (Wildman–Crippen LogP) is 4.91. The summed E-state index contributed by atoms with van der Waals surface area (Å²) in [5.74, 6) is -0.897. The summed E-state index contributed by atoms with van der Waals surface area (Å²) in [6.07, 6.45) is 1.58. The Balaban J connectivity index is 1.97. The highest BCUT2D eigenvalue weighted by atomic mass is 35.5. The minimum Gasteiger partial charge on any atom is -0.378 e. The van der Waals surface area contributed by atoms with E-state index in [4.69, 9.17) is 16.3 Å². The number of benzene rings is 2. The molecule has 9 heteroatoms. The summed E-state index contributed by atoms with van der Waals surface area (Å²) in [5, 5.41) is 16.3. The smallest absolute Gasteiger partial charge is 0.305 e. The van der Waals surface area contributed by atoms with Crippen molar-refractivity contribution in [3.63, 3.8) is 0 Å². The standard InChI is InChI=1S/C20H14ClFN4O3/c1-29-11-16-19(12-2-5-14(21)6-3-12)20-23-9-8-17(25(20)24-16)13-4-7-15(22)18(10-13)26(27)28/h2-10H,11H2,1H3.